The highest BCUT2D eigenvalue weighted by Gasteiger charge is 2.24. The molecule has 0 unspecified atom stereocenters. The van der Waals surface area contributed by atoms with Crippen molar-refractivity contribution in [3.8, 4) is 11.5 Å². The molecule has 0 bridgehead atoms. The lowest BCUT2D eigenvalue weighted by Crippen LogP contribution is -2.23. The zero-order chi connectivity index (χ0) is 11.8. The van der Waals surface area contributed by atoms with Crippen molar-refractivity contribution < 1.29 is 13.9 Å². The number of pyridine rings is 1. The molecular weight excluding hydrogens is 209 g/mol. The molecule has 0 radical (unpaired) electrons. The molecule has 0 aliphatic heterocycles. The molecule has 1 aromatic rings. The Kier molecular flexibility index (Phi) is 2.74. The standard InChI is InChI=1S/C12H16FNO2/c1-12(2,3)16-10-6-9(7-14-11(10)13)15-8-4-5-8/h6-8H,4-5H2,1-3H3. The van der Waals surface area contributed by atoms with Crippen LogP contribution in [0.1, 0.15) is 33.6 Å². The van der Waals surface area contributed by atoms with Gasteiger partial charge in [-0.3, -0.25) is 0 Å². The Bertz CT molecular complexity index is 383. The van der Waals surface area contributed by atoms with Gasteiger partial charge in [-0.1, -0.05) is 0 Å². The average molecular weight is 225 g/mol. The van der Waals surface area contributed by atoms with Gasteiger partial charge in [0.2, 0.25) is 0 Å². The molecule has 0 spiro atoms. The van der Waals surface area contributed by atoms with Crippen LogP contribution in [0.5, 0.6) is 11.5 Å². The van der Waals surface area contributed by atoms with Gasteiger partial charge in [-0.25, -0.2) is 4.98 Å². The normalized spacial score (nSPS) is 16.0. The van der Waals surface area contributed by atoms with Gasteiger partial charge in [0, 0.05) is 6.07 Å². The van der Waals surface area contributed by atoms with Crippen molar-refractivity contribution in [1.82, 2.24) is 4.98 Å². The third-order valence-corrected chi connectivity index (χ3v) is 2.03. The molecule has 3 nitrogen and oxygen atoms in total. The summed E-state index contributed by atoms with van der Waals surface area (Å²) >= 11 is 0. The van der Waals surface area contributed by atoms with Gasteiger partial charge in [0.05, 0.1) is 12.3 Å². The van der Waals surface area contributed by atoms with Crippen molar-refractivity contribution in [1.29, 1.82) is 0 Å². The van der Waals surface area contributed by atoms with E-state index in [1.807, 2.05) is 20.8 Å². The van der Waals surface area contributed by atoms with E-state index in [1.54, 1.807) is 6.07 Å². The van der Waals surface area contributed by atoms with Crippen molar-refractivity contribution in [3.05, 3.63) is 18.2 Å². The van der Waals surface area contributed by atoms with Crippen molar-refractivity contribution in [3.63, 3.8) is 0 Å². The van der Waals surface area contributed by atoms with Gasteiger partial charge in [0.25, 0.3) is 5.95 Å². The maximum atomic E-state index is 13.4. The maximum Gasteiger partial charge on any atom is 0.255 e. The first-order valence-electron chi connectivity index (χ1n) is 5.45. The van der Waals surface area contributed by atoms with Crippen molar-refractivity contribution in [2.45, 2.75) is 45.3 Å². The van der Waals surface area contributed by atoms with Crippen LogP contribution in [0.3, 0.4) is 0 Å². The van der Waals surface area contributed by atoms with E-state index in [1.165, 1.54) is 6.20 Å². The zero-order valence-electron chi connectivity index (χ0n) is 9.79. The summed E-state index contributed by atoms with van der Waals surface area (Å²) in [7, 11) is 0. The Morgan fingerprint density at radius 1 is 1.38 bits per heavy atom. The zero-order valence-corrected chi connectivity index (χ0v) is 9.79. The molecule has 1 aliphatic rings. The molecule has 4 heteroatoms. The van der Waals surface area contributed by atoms with Crippen LogP contribution in [-0.2, 0) is 0 Å². The Morgan fingerprint density at radius 2 is 2.06 bits per heavy atom. The minimum absolute atomic E-state index is 0.144. The lowest BCUT2D eigenvalue weighted by atomic mass is 10.2. The largest absolute Gasteiger partial charge is 0.489 e. The van der Waals surface area contributed by atoms with Gasteiger partial charge in [-0.05, 0) is 33.6 Å². The van der Waals surface area contributed by atoms with E-state index in [2.05, 4.69) is 4.98 Å². The van der Waals surface area contributed by atoms with Crippen LogP contribution < -0.4 is 9.47 Å². The second kappa shape index (κ2) is 3.92. The first-order valence-corrected chi connectivity index (χ1v) is 5.45. The van der Waals surface area contributed by atoms with Crippen LogP contribution in [0.25, 0.3) is 0 Å². The van der Waals surface area contributed by atoms with Gasteiger partial charge in [-0.15, -0.1) is 0 Å². The summed E-state index contributed by atoms with van der Waals surface area (Å²) in [5, 5.41) is 0. The third-order valence-electron chi connectivity index (χ3n) is 2.03. The van der Waals surface area contributed by atoms with Crippen LogP contribution in [0.15, 0.2) is 12.3 Å². The van der Waals surface area contributed by atoms with Crippen LogP contribution >= 0.6 is 0 Å². The highest BCUT2D eigenvalue weighted by molar-refractivity contribution is 5.30. The molecular formula is C12H16FNO2. The van der Waals surface area contributed by atoms with E-state index in [0.717, 1.165) is 12.8 Å². The summed E-state index contributed by atoms with van der Waals surface area (Å²) in [4.78, 5) is 3.63. The molecule has 0 aromatic carbocycles. The molecule has 0 N–H and O–H groups in total. The second-order valence-corrected chi connectivity index (χ2v) is 4.99. The Hall–Kier alpha value is -1.32. The lowest BCUT2D eigenvalue weighted by Gasteiger charge is -2.21. The second-order valence-electron chi connectivity index (χ2n) is 4.99. The Labute approximate surface area is 94.6 Å². The maximum absolute atomic E-state index is 13.4. The predicted octanol–water partition coefficient (Wildman–Crippen LogP) is 2.94. The molecule has 88 valence electrons. The van der Waals surface area contributed by atoms with E-state index in [9.17, 15) is 4.39 Å². The van der Waals surface area contributed by atoms with Gasteiger partial charge < -0.3 is 9.47 Å². The number of hydrogen-bond donors (Lipinski definition) is 0. The van der Waals surface area contributed by atoms with Crippen LogP contribution in [-0.4, -0.2) is 16.7 Å². The summed E-state index contributed by atoms with van der Waals surface area (Å²) in [6.45, 7) is 5.59. The number of nitrogens with zero attached hydrogens (tertiary/aromatic N) is 1. The fourth-order valence-electron chi connectivity index (χ4n) is 1.25. The quantitative estimate of drug-likeness (QED) is 0.741. The summed E-state index contributed by atoms with van der Waals surface area (Å²) in [5.74, 6) is 0.117. The number of aromatic nitrogens is 1. The molecule has 1 aromatic heterocycles. The molecule has 2 rings (SSSR count). The minimum atomic E-state index is -0.599. The lowest BCUT2D eigenvalue weighted by molar-refractivity contribution is 0.122. The van der Waals surface area contributed by atoms with Crippen molar-refractivity contribution >= 4 is 0 Å². The molecule has 1 saturated carbocycles. The molecule has 0 atom stereocenters. The molecule has 0 amide bonds. The summed E-state index contributed by atoms with van der Waals surface area (Å²) < 4.78 is 24.3. The number of rotatable bonds is 3. The average Bonchev–Trinajstić information content (AvgIpc) is 2.92. The number of ether oxygens (including phenoxy) is 2. The highest BCUT2D eigenvalue weighted by atomic mass is 19.1. The van der Waals surface area contributed by atoms with Crippen LogP contribution in [0, 0.1) is 5.95 Å². The van der Waals surface area contributed by atoms with Crippen LogP contribution in [0.4, 0.5) is 4.39 Å². The van der Waals surface area contributed by atoms with E-state index in [0.29, 0.717) is 5.75 Å². The van der Waals surface area contributed by atoms with Gasteiger partial charge in [0.15, 0.2) is 5.75 Å². The van der Waals surface area contributed by atoms with Crippen LogP contribution in [0.2, 0.25) is 0 Å². The molecule has 1 fully saturated rings. The van der Waals surface area contributed by atoms with Crippen molar-refractivity contribution in [2.75, 3.05) is 0 Å². The highest BCUT2D eigenvalue weighted by Crippen LogP contribution is 2.30. The summed E-state index contributed by atoms with van der Waals surface area (Å²) in [5.41, 5.74) is -0.444. The van der Waals surface area contributed by atoms with E-state index in [-0.39, 0.29) is 11.9 Å². The SMILES string of the molecule is CC(C)(C)Oc1cc(OC2CC2)cnc1F. The molecule has 16 heavy (non-hydrogen) atoms. The summed E-state index contributed by atoms with van der Waals surface area (Å²) in [6, 6.07) is 1.56. The first kappa shape index (κ1) is 11.2. The van der Waals surface area contributed by atoms with Gasteiger partial charge in [-0.2, -0.15) is 4.39 Å². The predicted molar refractivity (Wildman–Crippen MR) is 58.2 cm³/mol. The fraction of sp³-hybridized carbons (Fsp3) is 0.583. The van der Waals surface area contributed by atoms with Gasteiger partial charge in [0.1, 0.15) is 11.4 Å². The van der Waals surface area contributed by atoms with E-state index >= 15 is 0 Å². The fourth-order valence-corrected chi connectivity index (χ4v) is 1.25. The smallest absolute Gasteiger partial charge is 0.255 e. The number of halogens is 1. The number of hydrogen-bond acceptors (Lipinski definition) is 3. The van der Waals surface area contributed by atoms with E-state index < -0.39 is 11.5 Å². The molecule has 1 heterocycles. The summed E-state index contributed by atoms with van der Waals surface area (Å²) in [6.07, 6.45) is 3.79. The minimum Gasteiger partial charge on any atom is -0.489 e. The Balaban J connectivity index is 2.14. The third kappa shape index (κ3) is 3.08. The van der Waals surface area contributed by atoms with Gasteiger partial charge >= 0.3 is 0 Å². The Morgan fingerprint density at radius 3 is 2.62 bits per heavy atom. The monoisotopic (exact) mass is 225 g/mol. The first-order chi connectivity index (χ1) is 7.44. The topological polar surface area (TPSA) is 31.4 Å². The van der Waals surface area contributed by atoms with Crippen molar-refractivity contribution in [2.24, 2.45) is 0 Å². The van der Waals surface area contributed by atoms with E-state index in [4.69, 9.17) is 9.47 Å². The molecule has 0 saturated heterocycles. The molecule has 1 aliphatic carbocycles.